The number of nitrogens with one attached hydrogen (secondary N) is 1. The highest BCUT2D eigenvalue weighted by molar-refractivity contribution is 7.90. The Bertz CT molecular complexity index is 411. The Morgan fingerprint density at radius 1 is 1.60 bits per heavy atom. The van der Waals surface area contributed by atoms with E-state index in [0.29, 0.717) is 6.54 Å². The normalized spacial score (nSPS) is 14.1. The van der Waals surface area contributed by atoms with Crippen molar-refractivity contribution in [2.24, 2.45) is 7.05 Å². The fourth-order valence-corrected chi connectivity index (χ4v) is 1.84. The number of hydrogen-bond donors (Lipinski definition) is 1. The van der Waals surface area contributed by atoms with Gasteiger partial charge in [-0.3, -0.25) is 0 Å². The average molecular weight is 231 g/mol. The summed E-state index contributed by atoms with van der Waals surface area (Å²) in [5.74, 6) is 1.06. The van der Waals surface area contributed by atoms with Crippen LogP contribution in [-0.4, -0.2) is 36.5 Å². The molecule has 0 amide bonds. The monoisotopic (exact) mass is 231 g/mol. The molecule has 0 aliphatic carbocycles. The second-order valence-corrected chi connectivity index (χ2v) is 5.96. The first-order chi connectivity index (χ1) is 6.90. The van der Waals surface area contributed by atoms with Crippen LogP contribution >= 0.6 is 0 Å². The number of rotatable bonds is 5. The van der Waals surface area contributed by atoms with Crippen LogP contribution in [0.5, 0.6) is 0 Å². The lowest BCUT2D eigenvalue weighted by molar-refractivity contribution is 0.542. The standard InChI is InChI=1S/C9H17N3O2S/c1-8(9-11-4-6-12(9)2)10-5-7-15(3,13)14/h4,6,8,10H,5,7H2,1-3H3. The smallest absolute Gasteiger partial charge is 0.148 e. The minimum Gasteiger partial charge on any atom is -0.337 e. The van der Waals surface area contributed by atoms with Crippen molar-refractivity contribution in [3.63, 3.8) is 0 Å². The number of nitrogens with zero attached hydrogens (tertiary/aromatic N) is 2. The lowest BCUT2D eigenvalue weighted by Crippen LogP contribution is -2.26. The van der Waals surface area contributed by atoms with Crippen LogP contribution < -0.4 is 5.32 Å². The lowest BCUT2D eigenvalue weighted by Gasteiger charge is -2.12. The van der Waals surface area contributed by atoms with Crippen LogP contribution in [0.3, 0.4) is 0 Å². The molecule has 15 heavy (non-hydrogen) atoms. The van der Waals surface area contributed by atoms with Gasteiger partial charge in [0.1, 0.15) is 15.7 Å². The van der Waals surface area contributed by atoms with Crippen molar-refractivity contribution in [2.45, 2.75) is 13.0 Å². The minimum absolute atomic E-state index is 0.0618. The van der Waals surface area contributed by atoms with Crippen LogP contribution in [0.2, 0.25) is 0 Å². The topological polar surface area (TPSA) is 64.0 Å². The lowest BCUT2D eigenvalue weighted by atomic mass is 10.3. The summed E-state index contributed by atoms with van der Waals surface area (Å²) >= 11 is 0. The first-order valence-corrected chi connectivity index (χ1v) is 6.84. The van der Waals surface area contributed by atoms with Crippen molar-refractivity contribution in [1.82, 2.24) is 14.9 Å². The summed E-state index contributed by atoms with van der Waals surface area (Å²) in [6.07, 6.45) is 4.83. The molecule has 0 radical (unpaired) electrons. The van der Waals surface area contributed by atoms with Gasteiger partial charge in [0.2, 0.25) is 0 Å². The molecule has 0 saturated carbocycles. The van der Waals surface area contributed by atoms with E-state index in [1.165, 1.54) is 6.26 Å². The molecule has 1 heterocycles. The molecule has 0 aromatic carbocycles. The average Bonchev–Trinajstić information content (AvgIpc) is 2.48. The predicted octanol–water partition coefficient (Wildman–Crippen LogP) is 0.115. The van der Waals surface area contributed by atoms with Crippen LogP contribution in [0.1, 0.15) is 18.8 Å². The quantitative estimate of drug-likeness (QED) is 0.781. The molecule has 1 N–H and O–H groups in total. The zero-order chi connectivity index (χ0) is 11.5. The molecule has 1 unspecified atom stereocenters. The van der Waals surface area contributed by atoms with Gasteiger partial charge in [0.05, 0.1) is 11.8 Å². The van der Waals surface area contributed by atoms with Crippen LogP contribution in [-0.2, 0) is 16.9 Å². The van der Waals surface area contributed by atoms with Gasteiger partial charge in [0.15, 0.2) is 0 Å². The number of imidazole rings is 1. The summed E-state index contributed by atoms with van der Waals surface area (Å²) in [7, 11) is -0.975. The maximum atomic E-state index is 10.9. The van der Waals surface area contributed by atoms with Gasteiger partial charge >= 0.3 is 0 Å². The second kappa shape index (κ2) is 4.76. The van der Waals surface area contributed by atoms with Crippen LogP contribution in [0.25, 0.3) is 0 Å². The number of aromatic nitrogens is 2. The maximum Gasteiger partial charge on any atom is 0.148 e. The first kappa shape index (κ1) is 12.2. The molecule has 1 rings (SSSR count). The zero-order valence-electron chi connectivity index (χ0n) is 9.27. The Morgan fingerprint density at radius 3 is 2.73 bits per heavy atom. The van der Waals surface area contributed by atoms with E-state index in [0.717, 1.165) is 5.82 Å². The summed E-state index contributed by atoms with van der Waals surface area (Å²) in [6.45, 7) is 2.41. The Kier molecular flexibility index (Phi) is 3.87. The van der Waals surface area contributed by atoms with Gasteiger partial charge in [0.25, 0.3) is 0 Å². The van der Waals surface area contributed by atoms with Crippen LogP contribution in [0.15, 0.2) is 12.4 Å². The Balaban J connectivity index is 2.44. The van der Waals surface area contributed by atoms with E-state index in [1.807, 2.05) is 24.7 Å². The molecular weight excluding hydrogens is 214 g/mol. The highest BCUT2D eigenvalue weighted by Crippen LogP contribution is 2.07. The van der Waals surface area contributed by atoms with E-state index in [1.54, 1.807) is 6.20 Å². The van der Waals surface area contributed by atoms with Crippen LogP contribution in [0.4, 0.5) is 0 Å². The molecule has 0 aliphatic heterocycles. The van der Waals surface area contributed by atoms with E-state index < -0.39 is 9.84 Å². The first-order valence-electron chi connectivity index (χ1n) is 4.78. The molecule has 0 saturated heterocycles. The molecule has 6 heteroatoms. The Hall–Kier alpha value is -0.880. The van der Waals surface area contributed by atoms with Crippen LogP contribution in [0, 0.1) is 0 Å². The highest BCUT2D eigenvalue weighted by Gasteiger charge is 2.10. The highest BCUT2D eigenvalue weighted by atomic mass is 32.2. The fourth-order valence-electron chi connectivity index (χ4n) is 1.35. The molecule has 1 aromatic heterocycles. The van der Waals surface area contributed by atoms with Gasteiger partial charge in [-0.15, -0.1) is 0 Å². The van der Waals surface area contributed by atoms with Gasteiger partial charge in [-0.05, 0) is 6.92 Å². The van der Waals surface area contributed by atoms with Crippen molar-refractivity contribution >= 4 is 9.84 Å². The van der Waals surface area contributed by atoms with Crippen molar-refractivity contribution < 1.29 is 8.42 Å². The van der Waals surface area contributed by atoms with Crippen molar-refractivity contribution in [1.29, 1.82) is 0 Å². The number of hydrogen-bond acceptors (Lipinski definition) is 4. The molecule has 86 valence electrons. The zero-order valence-corrected chi connectivity index (χ0v) is 10.1. The van der Waals surface area contributed by atoms with Gasteiger partial charge < -0.3 is 9.88 Å². The number of sulfone groups is 1. The summed E-state index contributed by atoms with van der Waals surface area (Å²) in [4.78, 5) is 4.18. The predicted molar refractivity (Wildman–Crippen MR) is 59.3 cm³/mol. The van der Waals surface area contributed by atoms with E-state index in [9.17, 15) is 8.42 Å². The number of aryl methyl sites for hydroxylation is 1. The Morgan fingerprint density at radius 2 is 2.27 bits per heavy atom. The van der Waals surface area contributed by atoms with Gasteiger partial charge in [-0.25, -0.2) is 13.4 Å². The molecule has 0 spiro atoms. The minimum atomic E-state index is -2.89. The summed E-state index contributed by atoms with van der Waals surface area (Å²) in [6, 6.07) is 0.0618. The summed E-state index contributed by atoms with van der Waals surface area (Å²) in [5.41, 5.74) is 0. The fraction of sp³-hybridized carbons (Fsp3) is 0.667. The molecule has 5 nitrogen and oxygen atoms in total. The summed E-state index contributed by atoms with van der Waals surface area (Å²) < 4.78 is 23.7. The molecule has 0 aliphatic rings. The molecule has 1 atom stereocenters. The SMILES string of the molecule is CC(NCCS(C)(=O)=O)c1nccn1C. The van der Waals surface area contributed by atoms with Crippen molar-refractivity contribution in [2.75, 3.05) is 18.6 Å². The molecular formula is C9H17N3O2S. The maximum absolute atomic E-state index is 10.9. The largest absolute Gasteiger partial charge is 0.337 e. The summed E-state index contributed by atoms with van der Waals surface area (Å²) in [5, 5.41) is 3.12. The molecule has 0 bridgehead atoms. The van der Waals surface area contributed by atoms with Crippen molar-refractivity contribution in [3.8, 4) is 0 Å². The van der Waals surface area contributed by atoms with Gasteiger partial charge in [0, 0.05) is 32.2 Å². The van der Waals surface area contributed by atoms with E-state index in [2.05, 4.69) is 10.3 Å². The van der Waals surface area contributed by atoms with Crippen molar-refractivity contribution in [3.05, 3.63) is 18.2 Å². The van der Waals surface area contributed by atoms with E-state index in [4.69, 9.17) is 0 Å². The second-order valence-electron chi connectivity index (χ2n) is 3.70. The third-order valence-electron chi connectivity index (χ3n) is 2.17. The molecule has 0 fully saturated rings. The van der Waals surface area contributed by atoms with Gasteiger partial charge in [-0.2, -0.15) is 0 Å². The van der Waals surface area contributed by atoms with Gasteiger partial charge in [-0.1, -0.05) is 0 Å². The third kappa shape index (κ3) is 4.01. The molecule has 1 aromatic rings. The Labute approximate surface area is 90.4 Å². The third-order valence-corrected chi connectivity index (χ3v) is 3.11. The van der Waals surface area contributed by atoms with E-state index >= 15 is 0 Å². The van der Waals surface area contributed by atoms with E-state index in [-0.39, 0.29) is 11.8 Å².